The van der Waals surface area contributed by atoms with Crippen LogP contribution in [-0.4, -0.2) is 9.97 Å². The summed E-state index contributed by atoms with van der Waals surface area (Å²) in [7, 11) is 0. The van der Waals surface area contributed by atoms with E-state index in [2.05, 4.69) is 135 Å². The monoisotopic (exact) mass is 752 g/mol. The standard InChI is InChI=1S/2C22H18N.2ClH.Zr/c2*1-2-16-9-11-17(12-10-16)18-6-5-7-19-20(18)13-14-21(19)22-8-3-4-15-23-22;;;/h2*3-13,15,21H,2H2,1H3;2*1H;/q;;;;+2/p-2. The van der Waals surface area contributed by atoms with Crippen molar-refractivity contribution in [2.75, 3.05) is 0 Å². The van der Waals surface area contributed by atoms with E-state index in [0.717, 1.165) is 24.2 Å². The molecule has 8 rings (SSSR count). The molecule has 49 heavy (non-hydrogen) atoms. The molecule has 2 aliphatic carbocycles. The van der Waals surface area contributed by atoms with Crippen molar-refractivity contribution in [3.8, 4) is 22.3 Å². The van der Waals surface area contributed by atoms with Gasteiger partial charge in [-0.25, -0.2) is 0 Å². The number of aryl methyl sites for hydroxylation is 2. The first-order valence-corrected chi connectivity index (χ1v) is 19.1. The van der Waals surface area contributed by atoms with E-state index >= 15 is 0 Å². The first-order valence-electron chi connectivity index (χ1n) is 16.7. The van der Waals surface area contributed by atoms with Crippen molar-refractivity contribution >= 4 is 12.2 Å². The predicted octanol–water partition coefficient (Wildman–Crippen LogP) is 4.70. The first kappa shape index (κ1) is 35.0. The summed E-state index contributed by atoms with van der Waals surface area (Å²) in [6, 6.07) is 44.7. The van der Waals surface area contributed by atoms with Gasteiger partial charge in [-0.3, -0.25) is 0 Å². The van der Waals surface area contributed by atoms with Gasteiger partial charge in [-0.05, 0) is 0 Å². The molecule has 0 bridgehead atoms. The minimum atomic E-state index is -1.31. The predicted molar refractivity (Wildman–Crippen MR) is 191 cm³/mol. The maximum atomic E-state index is 4.95. The molecule has 0 saturated heterocycles. The van der Waals surface area contributed by atoms with Gasteiger partial charge in [0.05, 0.1) is 0 Å². The Morgan fingerprint density at radius 1 is 0.490 bits per heavy atom. The van der Waals surface area contributed by atoms with E-state index in [-0.39, 0.29) is 36.6 Å². The molecule has 0 N–H and O–H groups in total. The molecule has 6 aromatic rings. The number of halogens is 2. The van der Waals surface area contributed by atoms with Crippen molar-refractivity contribution in [2.45, 2.75) is 38.5 Å². The summed E-state index contributed by atoms with van der Waals surface area (Å²) < 4.78 is 3.10. The van der Waals surface area contributed by atoms with E-state index in [0.29, 0.717) is 0 Å². The molecule has 5 heteroatoms. The van der Waals surface area contributed by atoms with Crippen molar-refractivity contribution in [3.63, 3.8) is 0 Å². The molecule has 0 fully saturated rings. The van der Waals surface area contributed by atoms with Gasteiger partial charge in [-0.15, -0.1) is 0 Å². The van der Waals surface area contributed by atoms with Gasteiger partial charge >= 0.3 is 291 Å². The van der Waals surface area contributed by atoms with Gasteiger partial charge in [-0.2, -0.15) is 0 Å². The van der Waals surface area contributed by atoms with Crippen molar-refractivity contribution < 1.29 is 48.0 Å². The second kappa shape index (κ2) is 15.3. The van der Waals surface area contributed by atoms with Crippen molar-refractivity contribution in [1.82, 2.24) is 9.97 Å². The Hall–Kier alpha value is -3.88. The number of fused-ring (bicyclic) bond motifs is 2. The number of benzene rings is 4. The van der Waals surface area contributed by atoms with Gasteiger partial charge in [0.1, 0.15) is 0 Å². The van der Waals surface area contributed by atoms with Crippen LogP contribution < -0.4 is 24.8 Å². The summed E-state index contributed by atoms with van der Waals surface area (Å²) in [6.07, 6.45) is 11.1. The number of hydrogen-bond acceptors (Lipinski definition) is 2. The quantitative estimate of drug-likeness (QED) is 0.226. The first-order chi connectivity index (χ1) is 23.2. The zero-order chi connectivity index (χ0) is 31.7. The molecule has 0 aliphatic heterocycles. The molecule has 2 aromatic heterocycles. The second-order valence-corrected chi connectivity index (χ2v) is 15.9. The Morgan fingerprint density at radius 2 is 0.918 bits per heavy atom. The molecule has 2 aliphatic rings. The molecule has 4 aromatic carbocycles. The third-order valence-electron chi connectivity index (χ3n) is 9.73. The van der Waals surface area contributed by atoms with Gasteiger partial charge < -0.3 is 24.8 Å². The number of allylic oxidation sites excluding steroid dienone is 2. The maximum Gasteiger partial charge on any atom is -1.00 e. The molecule has 0 radical (unpaired) electrons. The number of nitrogens with zero attached hydrogens (tertiary/aromatic N) is 2. The smallest absolute Gasteiger partial charge is 1.00 e. The Bertz CT molecular complexity index is 1970. The van der Waals surface area contributed by atoms with E-state index in [9.17, 15) is 0 Å². The van der Waals surface area contributed by atoms with E-state index in [1.165, 1.54) is 55.6 Å². The molecule has 2 nitrogen and oxygen atoms in total. The Morgan fingerprint density at radius 3 is 1.29 bits per heavy atom. The molecule has 240 valence electrons. The van der Waals surface area contributed by atoms with E-state index in [1.54, 1.807) is 6.56 Å². The van der Waals surface area contributed by atoms with Gasteiger partial charge in [0.2, 0.25) is 0 Å². The summed E-state index contributed by atoms with van der Waals surface area (Å²) in [5, 5.41) is 0. The van der Waals surface area contributed by atoms with Gasteiger partial charge in [0, 0.05) is 0 Å². The van der Waals surface area contributed by atoms with Crippen LogP contribution in [0.25, 0.3) is 34.4 Å². The van der Waals surface area contributed by atoms with Crippen molar-refractivity contribution in [2.24, 2.45) is 0 Å². The molecular formula is C44H36Cl2N2Zr. The van der Waals surface area contributed by atoms with Crippen LogP contribution in [0, 0.1) is 0 Å². The normalized spacial score (nSPS) is 15.6. The van der Waals surface area contributed by atoms with Crippen LogP contribution in [0.3, 0.4) is 0 Å². The molecule has 2 unspecified atom stereocenters. The summed E-state index contributed by atoms with van der Waals surface area (Å²) in [5.41, 5.74) is 15.6. The number of pyridine rings is 2. The fourth-order valence-corrected chi connectivity index (χ4v) is 11.3. The summed E-state index contributed by atoms with van der Waals surface area (Å²) in [5.74, 6) is 0.338. The molecule has 0 amide bonds. The Kier molecular flexibility index (Phi) is 11.0. The second-order valence-electron chi connectivity index (χ2n) is 12.4. The topological polar surface area (TPSA) is 25.8 Å². The van der Waals surface area contributed by atoms with Gasteiger partial charge in [0.25, 0.3) is 0 Å². The zero-order valence-electron chi connectivity index (χ0n) is 27.6. The van der Waals surface area contributed by atoms with Crippen LogP contribution >= 0.6 is 0 Å². The summed E-state index contributed by atoms with van der Waals surface area (Å²) in [4.78, 5) is 9.90. The van der Waals surface area contributed by atoms with Crippen molar-refractivity contribution in [3.05, 3.63) is 185 Å². The summed E-state index contributed by atoms with van der Waals surface area (Å²) in [6.45, 7) is 4.43. The van der Waals surface area contributed by atoms with Crippen LogP contribution in [0.2, 0.25) is 0 Å². The van der Waals surface area contributed by atoms with Crippen LogP contribution in [0.15, 0.2) is 140 Å². The van der Waals surface area contributed by atoms with E-state index in [4.69, 9.17) is 9.97 Å². The van der Waals surface area contributed by atoms with Crippen molar-refractivity contribution in [1.29, 1.82) is 0 Å². The average Bonchev–Trinajstić information content (AvgIpc) is 3.70. The van der Waals surface area contributed by atoms with Crippen LogP contribution in [0.4, 0.5) is 0 Å². The van der Waals surface area contributed by atoms with Crippen LogP contribution in [0.1, 0.15) is 70.5 Å². The third-order valence-corrected chi connectivity index (χ3v) is 13.3. The average molecular weight is 755 g/mol. The van der Waals surface area contributed by atoms with Crippen LogP contribution in [-0.2, 0) is 36.1 Å². The Labute approximate surface area is 313 Å². The van der Waals surface area contributed by atoms with Gasteiger partial charge in [0.15, 0.2) is 0 Å². The Balaban J connectivity index is 0.00000208. The molecule has 0 saturated carbocycles. The summed E-state index contributed by atoms with van der Waals surface area (Å²) >= 11 is -1.31. The van der Waals surface area contributed by atoms with E-state index < -0.39 is 23.2 Å². The van der Waals surface area contributed by atoms with E-state index in [1.807, 2.05) is 24.5 Å². The number of hydrogen-bond donors (Lipinski definition) is 0. The number of rotatable bonds is 8. The fourth-order valence-electron chi connectivity index (χ4n) is 7.26. The largest absolute Gasteiger partial charge is 1.00 e. The van der Waals surface area contributed by atoms with Crippen LogP contribution in [0.5, 0.6) is 0 Å². The zero-order valence-corrected chi connectivity index (χ0v) is 31.5. The molecule has 2 heterocycles. The maximum absolute atomic E-state index is 4.95. The SMILES string of the molecule is CCc1ccc(-c2cccc3c2C=[C]([Zr+2][C]2=Cc4c(-c5ccc(CC)cc5)cccc4C2c2ccccn2)C3c2ccccn2)cc1.[Cl-].[Cl-]. The van der Waals surface area contributed by atoms with Gasteiger partial charge in [-0.1, -0.05) is 0 Å². The fraction of sp³-hybridized carbons (Fsp3) is 0.136. The molecular weight excluding hydrogens is 719 g/mol. The molecule has 2 atom stereocenters. The minimum absolute atomic E-state index is 0. The minimum Gasteiger partial charge on any atom is -1.00 e. The number of aromatic nitrogens is 2. The molecule has 0 spiro atoms. The third kappa shape index (κ3) is 6.70.